The van der Waals surface area contributed by atoms with Gasteiger partial charge in [-0.15, -0.1) is 0 Å². The van der Waals surface area contributed by atoms with Crippen molar-refractivity contribution in [3.05, 3.63) is 60.0 Å². The van der Waals surface area contributed by atoms with Crippen LogP contribution in [0, 0.1) is 11.6 Å². The van der Waals surface area contributed by atoms with Crippen LogP contribution in [0.3, 0.4) is 0 Å². The third kappa shape index (κ3) is 4.10. The van der Waals surface area contributed by atoms with E-state index in [2.05, 4.69) is 15.5 Å². The Morgan fingerprint density at radius 2 is 2.10 bits per heavy atom. The van der Waals surface area contributed by atoms with E-state index in [1.165, 1.54) is 11.0 Å². The van der Waals surface area contributed by atoms with Crippen LogP contribution >= 0.6 is 0 Å². The molecule has 0 bridgehead atoms. The molecule has 0 radical (unpaired) electrons. The summed E-state index contributed by atoms with van der Waals surface area (Å²) in [5.41, 5.74) is 0.637. The number of urea groups is 1. The molecule has 4 rings (SSSR count). The maximum Gasteiger partial charge on any atom is 0.322 e. The van der Waals surface area contributed by atoms with Gasteiger partial charge in [0.15, 0.2) is 0 Å². The largest absolute Gasteiger partial charge is 0.497 e. The summed E-state index contributed by atoms with van der Waals surface area (Å²) >= 11 is 0. The summed E-state index contributed by atoms with van der Waals surface area (Å²) in [6.45, 7) is 0.455. The van der Waals surface area contributed by atoms with Gasteiger partial charge >= 0.3 is 6.03 Å². The normalized spacial score (nSPS) is 16.4. The summed E-state index contributed by atoms with van der Waals surface area (Å²) in [6.07, 6.45) is 2.32. The highest BCUT2D eigenvalue weighted by Gasteiger charge is 2.32. The molecule has 1 aliphatic rings. The van der Waals surface area contributed by atoms with Gasteiger partial charge in [-0.3, -0.25) is 0 Å². The van der Waals surface area contributed by atoms with Crippen molar-refractivity contribution < 1.29 is 22.8 Å². The quantitative estimate of drug-likeness (QED) is 0.664. The average Bonchev–Trinajstić information content (AvgIpc) is 3.26. The van der Waals surface area contributed by atoms with Crippen LogP contribution in [0.25, 0.3) is 11.4 Å². The molecule has 0 aliphatic carbocycles. The number of benzene rings is 2. The number of aromatic nitrogens is 2. The van der Waals surface area contributed by atoms with Gasteiger partial charge in [-0.25, -0.2) is 13.6 Å². The van der Waals surface area contributed by atoms with E-state index < -0.39 is 23.7 Å². The van der Waals surface area contributed by atoms with Crippen molar-refractivity contribution in [3.8, 4) is 17.1 Å². The number of carbonyl (C=O) groups excluding carboxylic acids is 1. The number of hydrogen-bond acceptors (Lipinski definition) is 5. The molecule has 1 aliphatic heterocycles. The first kappa shape index (κ1) is 19.8. The number of halogens is 2. The second-order valence-electron chi connectivity index (χ2n) is 6.95. The van der Waals surface area contributed by atoms with Gasteiger partial charge in [-0.1, -0.05) is 17.3 Å². The lowest BCUT2D eigenvalue weighted by molar-refractivity contribution is 0.142. The number of ether oxygens (including phenoxy) is 1. The molecule has 1 fully saturated rings. The molecule has 1 saturated heterocycles. The minimum absolute atomic E-state index is 0.0895. The number of piperidine rings is 1. The SMILES string of the molecule is COc1cccc(-c2noc([C@H]3CCCCN3C(=O)Nc3ccc(F)cc3F)n2)c1. The third-order valence-corrected chi connectivity index (χ3v) is 4.99. The lowest BCUT2D eigenvalue weighted by Gasteiger charge is -2.33. The third-order valence-electron chi connectivity index (χ3n) is 4.99. The number of hydrogen-bond donors (Lipinski definition) is 1. The van der Waals surface area contributed by atoms with Crippen molar-refractivity contribution in [2.24, 2.45) is 0 Å². The zero-order valence-electron chi connectivity index (χ0n) is 16.3. The van der Waals surface area contributed by atoms with Crippen LogP contribution < -0.4 is 10.1 Å². The van der Waals surface area contributed by atoms with E-state index in [-0.39, 0.29) is 5.69 Å². The van der Waals surface area contributed by atoms with Gasteiger partial charge in [0.1, 0.15) is 23.4 Å². The van der Waals surface area contributed by atoms with E-state index in [0.29, 0.717) is 30.4 Å². The van der Waals surface area contributed by atoms with Crippen LogP contribution in [-0.4, -0.2) is 34.7 Å². The van der Waals surface area contributed by atoms with Crippen molar-refractivity contribution in [3.63, 3.8) is 0 Å². The van der Waals surface area contributed by atoms with Gasteiger partial charge in [-0.2, -0.15) is 4.98 Å². The van der Waals surface area contributed by atoms with E-state index in [1.807, 2.05) is 18.2 Å². The molecule has 7 nitrogen and oxygen atoms in total. The highest BCUT2D eigenvalue weighted by molar-refractivity contribution is 5.89. The number of nitrogens with zero attached hydrogens (tertiary/aromatic N) is 3. The maximum atomic E-state index is 13.9. The van der Waals surface area contributed by atoms with Gasteiger partial charge in [0.2, 0.25) is 11.7 Å². The van der Waals surface area contributed by atoms with Crippen molar-refractivity contribution in [1.82, 2.24) is 15.0 Å². The molecule has 9 heteroatoms. The molecule has 2 heterocycles. The molecule has 156 valence electrons. The standard InChI is InChI=1S/C21H20F2N4O3/c1-29-15-6-4-5-13(11-15)19-25-20(30-26-19)18-7-2-3-10-27(18)21(28)24-17-9-8-14(22)12-16(17)23/h4-6,8-9,11-12,18H,2-3,7,10H2,1H3,(H,24,28)/t18-/m1/s1. The molecule has 1 atom stereocenters. The smallest absolute Gasteiger partial charge is 0.322 e. The summed E-state index contributed by atoms with van der Waals surface area (Å²) in [7, 11) is 1.57. The number of nitrogens with one attached hydrogen (secondary N) is 1. The van der Waals surface area contributed by atoms with Gasteiger partial charge in [-0.05, 0) is 43.5 Å². The van der Waals surface area contributed by atoms with Crippen LogP contribution in [0.2, 0.25) is 0 Å². The van der Waals surface area contributed by atoms with Crippen molar-refractivity contribution in [2.45, 2.75) is 25.3 Å². The fourth-order valence-electron chi connectivity index (χ4n) is 3.46. The maximum absolute atomic E-state index is 13.9. The molecular weight excluding hydrogens is 394 g/mol. The monoisotopic (exact) mass is 414 g/mol. The average molecular weight is 414 g/mol. The minimum atomic E-state index is -0.838. The second kappa shape index (κ2) is 8.48. The van der Waals surface area contributed by atoms with Crippen LogP contribution in [0.15, 0.2) is 47.0 Å². The van der Waals surface area contributed by atoms with Crippen LogP contribution in [0.4, 0.5) is 19.3 Å². The Labute approximate surface area is 171 Å². The van der Waals surface area contributed by atoms with Gasteiger partial charge < -0.3 is 19.5 Å². The Morgan fingerprint density at radius 3 is 2.90 bits per heavy atom. The molecule has 2 aromatic carbocycles. The van der Waals surface area contributed by atoms with Crippen LogP contribution in [-0.2, 0) is 0 Å². The molecule has 30 heavy (non-hydrogen) atoms. The molecule has 1 N–H and O–H groups in total. The number of likely N-dealkylation sites (tertiary alicyclic amines) is 1. The van der Waals surface area contributed by atoms with E-state index in [1.54, 1.807) is 13.2 Å². The van der Waals surface area contributed by atoms with E-state index >= 15 is 0 Å². The van der Waals surface area contributed by atoms with Gasteiger partial charge in [0.25, 0.3) is 0 Å². The number of amides is 2. The zero-order chi connectivity index (χ0) is 21.1. The molecule has 0 saturated carbocycles. The van der Waals surface area contributed by atoms with Crippen molar-refractivity contribution in [1.29, 1.82) is 0 Å². The van der Waals surface area contributed by atoms with E-state index in [0.717, 1.165) is 30.5 Å². The fraction of sp³-hybridized carbons (Fsp3) is 0.286. The van der Waals surface area contributed by atoms with Crippen LogP contribution in [0.5, 0.6) is 5.75 Å². The predicted octanol–water partition coefficient (Wildman–Crippen LogP) is 4.78. The lowest BCUT2D eigenvalue weighted by Crippen LogP contribution is -2.41. The number of methoxy groups -OCH3 is 1. The summed E-state index contributed by atoms with van der Waals surface area (Å²) in [5, 5.41) is 6.54. The molecule has 0 unspecified atom stereocenters. The molecular formula is C21H20F2N4O3. The summed E-state index contributed by atoms with van der Waals surface area (Å²) in [5.74, 6) is -0.187. The van der Waals surface area contributed by atoms with E-state index in [9.17, 15) is 13.6 Å². The Hall–Kier alpha value is -3.49. The first-order valence-corrected chi connectivity index (χ1v) is 9.56. The molecule has 3 aromatic rings. The summed E-state index contributed by atoms with van der Waals surface area (Å²) < 4.78 is 37.7. The highest BCUT2D eigenvalue weighted by Crippen LogP contribution is 2.32. The predicted molar refractivity (Wildman–Crippen MR) is 105 cm³/mol. The topological polar surface area (TPSA) is 80.5 Å². The lowest BCUT2D eigenvalue weighted by atomic mass is 10.0. The van der Waals surface area contributed by atoms with Crippen molar-refractivity contribution in [2.75, 3.05) is 19.0 Å². The van der Waals surface area contributed by atoms with Crippen LogP contribution in [0.1, 0.15) is 31.2 Å². The number of anilines is 1. The fourth-order valence-corrected chi connectivity index (χ4v) is 3.46. The molecule has 2 amide bonds. The van der Waals surface area contributed by atoms with Gasteiger partial charge in [0.05, 0.1) is 12.8 Å². The second-order valence-corrected chi connectivity index (χ2v) is 6.95. The summed E-state index contributed by atoms with van der Waals surface area (Å²) in [4.78, 5) is 18.8. The molecule has 1 aromatic heterocycles. The zero-order valence-corrected chi connectivity index (χ0v) is 16.3. The Kier molecular flexibility index (Phi) is 5.60. The van der Waals surface area contributed by atoms with E-state index in [4.69, 9.17) is 9.26 Å². The first-order chi connectivity index (χ1) is 14.5. The highest BCUT2D eigenvalue weighted by atomic mass is 19.1. The number of rotatable bonds is 4. The Bertz CT molecular complexity index is 1060. The summed E-state index contributed by atoms with van der Waals surface area (Å²) in [6, 6.07) is 9.31. The minimum Gasteiger partial charge on any atom is -0.497 e. The van der Waals surface area contributed by atoms with Crippen molar-refractivity contribution >= 4 is 11.7 Å². The Morgan fingerprint density at radius 1 is 1.23 bits per heavy atom. The Balaban J connectivity index is 1.55. The van der Waals surface area contributed by atoms with Gasteiger partial charge in [0, 0.05) is 18.2 Å². The number of carbonyl (C=O) groups is 1. The molecule has 0 spiro atoms. The first-order valence-electron chi connectivity index (χ1n) is 9.56.